The Hall–Kier alpha value is -1.53. The molecule has 0 aromatic heterocycles. The van der Waals surface area contributed by atoms with Crippen LogP contribution < -0.4 is 10.1 Å². The van der Waals surface area contributed by atoms with E-state index in [1.165, 1.54) is 5.56 Å². The topological polar surface area (TPSA) is 45.0 Å². The van der Waals surface area contributed by atoms with E-state index in [2.05, 4.69) is 11.4 Å². The van der Waals surface area contributed by atoms with E-state index in [0.717, 1.165) is 12.3 Å². The fourth-order valence-corrected chi connectivity index (χ4v) is 1.24. The van der Waals surface area contributed by atoms with Crippen molar-refractivity contribution >= 4 is 0 Å². The summed E-state index contributed by atoms with van der Waals surface area (Å²) in [6.07, 6.45) is 0.538. The molecule has 0 amide bonds. The average Bonchev–Trinajstić information content (AvgIpc) is 2.27. The van der Waals surface area contributed by atoms with E-state index in [1.54, 1.807) is 7.11 Å². The second kappa shape index (κ2) is 6.05. The number of nitrogens with one attached hydrogen (secondary N) is 1. The minimum absolute atomic E-state index is 0.233. The average molecular weight is 204 g/mol. The van der Waals surface area contributed by atoms with E-state index >= 15 is 0 Å². The van der Waals surface area contributed by atoms with E-state index in [0.29, 0.717) is 6.42 Å². The van der Waals surface area contributed by atoms with Gasteiger partial charge < -0.3 is 10.1 Å². The molecular formula is C12H16N2O. The van der Waals surface area contributed by atoms with Crippen LogP contribution in [-0.2, 0) is 6.54 Å². The molecule has 1 aromatic rings. The van der Waals surface area contributed by atoms with Gasteiger partial charge in [0.2, 0.25) is 0 Å². The highest BCUT2D eigenvalue weighted by molar-refractivity contribution is 5.27. The molecule has 80 valence electrons. The molecule has 0 aliphatic carbocycles. The Bertz CT molecular complexity index is 326. The fourth-order valence-electron chi connectivity index (χ4n) is 1.24. The lowest BCUT2D eigenvalue weighted by Gasteiger charge is -2.10. The monoisotopic (exact) mass is 204 g/mol. The summed E-state index contributed by atoms with van der Waals surface area (Å²) in [5, 5.41) is 11.8. The van der Waals surface area contributed by atoms with Crippen molar-refractivity contribution in [2.75, 3.05) is 7.11 Å². The number of benzene rings is 1. The van der Waals surface area contributed by atoms with Crippen molar-refractivity contribution in [2.45, 2.75) is 25.9 Å². The molecule has 1 rings (SSSR count). The molecule has 0 aliphatic heterocycles. The Labute approximate surface area is 90.7 Å². The molecule has 0 aliphatic rings. The summed E-state index contributed by atoms with van der Waals surface area (Å²) < 4.78 is 5.07. The van der Waals surface area contributed by atoms with Crippen LogP contribution in [0.3, 0.4) is 0 Å². The molecule has 3 nitrogen and oxygen atoms in total. The minimum atomic E-state index is 0.233. The van der Waals surface area contributed by atoms with Crippen LogP contribution >= 0.6 is 0 Å². The van der Waals surface area contributed by atoms with Gasteiger partial charge in [-0.1, -0.05) is 12.1 Å². The molecule has 0 spiro atoms. The predicted octanol–water partition coefficient (Wildman–Crippen LogP) is 2.09. The second-order valence-corrected chi connectivity index (χ2v) is 3.49. The third kappa shape index (κ3) is 4.01. The van der Waals surface area contributed by atoms with Crippen molar-refractivity contribution in [1.82, 2.24) is 5.32 Å². The Morgan fingerprint density at radius 2 is 2.07 bits per heavy atom. The molecule has 0 bridgehead atoms. The first-order valence-electron chi connectivity index (χ1n) is 4.99. The molecule has 0 saturated heterocycles. The van der Waals surface area contributed by atoms with Gasteiger partial charge in [0.15, 0.2) is 0 Å². The van der Waals surface area contributed by atoms with Gasteiger partial charge in [0.1, 0.15) is 5.75 Å². The summed E-state index contributed by atoms with van der Waals surface area (Å²) in [4.78, 5) is 0. The van der Waals surface area contributed by atoms with Gasteiger partial charge in [-0.2, -0.15) is 5.26 Å². The SMILES string of the molecule is COc1ccc(CNC(C)CC#N)cc1. The van der Waals surface area contributed by atoms with Gasteiger partial charge in [0.05, 0.1) is 19.6 Å². The molecular weight excluding hydrogens is 188 g/mol. The zero-order valence-corrected chi connectivity index (χ0v) is 9.16. The zero-order chi connectivity index (χ0) is 11.1. The molecule has 0 heterocycles. The first kappa shape index (κ1) is 11.5. The van der Waals surface area contributed by atoms with E-state index in [4.69, 9.17) is 10.00 Å². The number of hydrogen-bond donors (Lipinski definition) is 1. The highest BCUT2D eigenvalue weighted by Gasteiger charge is 2.00. The Kier molecular flexibility index (Phi) is 4.65. The van der Waals surface area contributed by atoms with E-state index in [9.17, 15) is 0 Å². The zero-order valence-electron chi connectivity index (χ0n) is 9.16. The molecule has 1 aromatic carbocycles. The van der Waals surface area contributed by atoms with Crippen molar-refractivity contribution in [3.63, 3.8) is 0 Å². The van der Waals surface area contributed by atoms with Crippen molar-refractivity contribution in [3.05, 3.63) is 29.8 Å². The Morgan fingerprint density at radius 3 is 2.60 bits per heavy atom. The fraction of sp³-hybridized carbons (Fsp3) is 0.417. The Morgan fingerprint density at radius 1 is 1.40 bits per heavy atom. The maximum absolute atomic E-state index is 8.50. The van der Waals surface area contributed by atoms with Crippen LogP contribution in [0.2, 0.25) is 0 Å². The number of nitrogens with zero attached hydrogens (tertiary/aromatic N) is 1. The van der Waals surface area contributed by atoms with E-state index < -0.39 is 0 Å². The largest absolute Gasteiger partial charge is 0.497 e. The number of methoxy groups -OCH3 is 1. The number of hydrogen-bond acceptors (Lipinski definition) is 3. The van der Waals surface area contributed by atoms with Crippen LogP contribution in [0.25, 0.3) is 0 Å². The first-order valence-corrected chi connectivity index (χ1v) is 4.99. The molecule has 1 unspecified atom stereocenters. The van der Waals surface area contributed by atoms with Crippen molar-refractivity contribution in [3.8, 4) is 11.8 Å². The van der Waals surface area contributed by atoms with Gasteiger partial charge in [0.25, 0.3) is 0 Å². The summed E-state index contributed by atoms with van der Waals surface area (Å²) in [5.74, 6) is 0.865. The van der Waals surface area contributed by atoms with Gasteiger partial charge in [-0.3, -0.25) is 0 Å². The summed E-state index contributed by atoms with van der Waals surface area (Å²) >= 11 is 0. The number of ether oxygens (including phenoxy) is 1. The lowest BCUT2D eigenvalue weighted by atomic mass is 10.2. The van der Waals surface area contributed by atoms with E-state index in [1.807, 2.05) is 31.2 Å². The summed E-state index contributed by atoms with van der Waals surface area (Å²) in [5.41, 5.74) is 1.19. The van der Waals surface area contributed by atoms with Crippen molar-refractivity contribution in [1.29, 1.82) is 5.26 Å². The summed E-state index contributed by atoms with van der Waals surface area (Å²) in [7, 11) is 1.66. The van der Waals surface area contributed by atoms with Crippen LogP contribution in [0.5, 0.6) is 5.75 Å². The van der Waals surface area contributed by atoms with Gasteiger partial charge in [-0.15, -0.1) is 0 Å². The van der Waals surface area contributed by atoms with Gasteiger partial charge >= 0.3 is 0 Å². The summed E-state index contributed by atoms with van der Waals surface area (Å²) in [6.45, 7) is 2.79. The molecule has 0 saturated carbocycles. The normalized spacial score (nSPS) is 11.8. The van der Waals surface area contributed by atoms with Crippen molar-refractivity contribution in [2.24, 2.45) is 0 Å². The minimum Gasteiger partial charge on any atom is -0.497 e. The van der Waals surface area contributed by atoms with Crippen LogP contribution in [0.1, 0.15) is 18.9 Å². The van der Waals surface area contributed by atoms with Gasteiger partial charge in [0, 0.05) is 12.6 Å². The molecule has 15 heavy (non-hydrogen) atoms. The quantitative estimate of drug-likeness (QED) is 0.798. The lowest BCUT2D eigenvalue weighted by Crippen LogP contribution is -2.24. The highest BCUT2D eigenvalue weighted by Crippen LogP contribution is 2.11. The standard InChI is InChI=1S/C12H16N2O/c1-10(7-8-13)14-9-11-3-5-12(15-2)6-4-11/h3-6,10,14H,7,9H2,1-2H3. The van der Waals surface area contributed by atoms with Gasteiger partial charge in [-0.25, -0.2) is 0 Å². The molecule has 0 fully saturated rings. The molecule has 1 N–H and O–H groups in total. The van der Waals surface area contributed by atoms with Crippen molar-refractivity contribution < 1.29 is 4.74 Å². The van der Waals surface area contributed by atoms with Gasteiger partial charge in [-0.05, 0) is 24.6 Å². The molecule has 1 atom stereocenters. The highest BCUT2D eigenvalue weighted by atomic mass is 16.5. The van der Waals surface area contributed by atoms with Crippen LogP contribution in [0.15, 0.2) is 24.3 Å². The smallest absolute Gasteiger partial charge is 0.118 e. The van der Waals surface area contributed by atoms with E-state index in [-0.39, 0.29) is 6.04 Å². The van der Waals surface area contributed by atoms with Crippen LogP contribution in [0.4, 0.5) is 0 Å². The van der Waals surface area contributed by atoms with Crippen LogP contribution in [-0.4, -0.2) is 13.2 Å². The predicted molar refractivity (Wildman–Crippen MR) is 59.5 cm³/mol. The Balaban J connectivity index is 2.41. The number of nitriles is 1. The third-order valence-electron chi connectivity index (χ3n) is 2.21. The lowest BCUT2D eigenvalue weighted by molar-refractivity contribution is 0.414. The maximum atomic E-state index is 8.50. The second-order valence-electron chi connectivity index (χ2n) is 3.49. The first-order chi connectivity index (χ1) is 7.26. The van der Waals surface area contributed by atoms with Crippen LogP contribution in [0, 0.1) is 11.3 Å². The summed E-state index contributed by atoms with van der Waals surface area (Å²) in [6, 6.07) is 10.3. The molecule has 0 radical (unpaired) electrons. The third-order valence-corrected chi connectivity index (χ3v) is 2.21. The number of rotatable bonds is 5. The maximum Gasteiger partial charge on any atom is 0.118 e. The molecule has 3 heteroatoms.